The van der Waals surface area contributed by atoms with Crippen LogP contribution >= 0.6 is 11.6 Å². The van der Waals surface area contributed by atoms with Crippen molar-refractivity contribution < 1.29 is 22.7 Å². The number of halogens is 1. The summed E-state index contributed by atoms with van der Waals surface area (Å²) in [6.07, 6.45) is 0.716. The highest BCUT2D eigenvalue weighted by Crippen LogP contribution is 2.39. The van der Waals surface area contributed by atoms with Gasteiger partial charge in [-0.25, -0.2) is 13.2 Å². The lowest BCUT2D eigenvalue weighted by Gasteiger charge is -2.31. The molecule has 1 aliphatic carbocycles. The first-order chi connectivity index (χ1) is 17.9. The molecule has 1 aliphatic rings. The van der Waals surface area contributed by atoms with Crippen LogP contribution in [0.25, 0.3) is 11.1 Å². The molecule has 0 saturated carbocycles. The second-order valence-electron chi connectivity index (χ2n) is 10.4. The Bertz CT molecular complexity index is 1430. The Labute approximate surface area is 229 Å². The second-order valence-corrected chi connectivity index (χ2v) is 12.7. The molecule has 3 aromatic carbocycles. The summed E-state index contributed by atoms with van der Waals surface area (Å²) in [6, 6.07) is 17.6. The fraction of sp³-hybridized carbons (Fsp3) is 0.345. The molecule has 0 aromatic heterocycles. The number of nitrogens with one attached hydrogen (secondary N) is 1. The summed E-state index contributed by atoms with van der Waals surface area (Å²) in [5.74, 6) is 0.639. The largest absolute Gasteiger partial charge is 0.496 e. The number of amides is 1. The number of alkyl carbamates (subject to hydrolysis) is 1. The Morgan fingerprint density at radius 2 is 1.71 bits per heavy atom. The van der Waals surface area contributed by atoms with Crippen molar-refractivity contribution in [2.24, 2.45) is 0 Å². The van der Waals surface area contributed by atoms with E-state index in [1.54, 1.807) is 56.6 Å². The van der Waals surface area contributed by atoms with Crippen molar-refractivity contribution in [2.75, 3.05) is 18.5 Å². The van der Waals surface area contributed by atoms with Gasteiger partial charge in [0.15, 0.2) is 0 Å². The Morgan fingerprint density at radius 1 is 1.03 bits per heavy atom. The molecular formula is C29H33ClN2O5S. The highest BCUT2D eigenvalue weighted by Gasteiger charge is 2.32. The molecule has 0 bridgehead atoms. The molecule has 1 amide bonds. The van der Waals surface area contributed by atoms with Crippen molar-refractivity contribution in [2.45, 2.75) is 56.6 Å². The lowest BCUT2D eigenvalue weighted by Crippen LogP contribution is -2.43. The van der Waals surface area contributed by atoms with Gasteiger partial charge in [-0.2, -0.15) is 0 Å². The smallest absolute Gasteiger partial charge is 0.407 e. The summed E-state index contributed by atoms with van der Waals surface area (Å²) < 4.78 is 40.6. The number of hydrogen-bond donors (Lipinski definition) is 1. The summed E-state index contributed by atoms with van der Waals surface area (Å²) in [7, 11) is -0.780. The molecule has 9 heteroatoms. The van der Waals surface area contributed by atoms with Gasteiger partial charge < -0.3 is 14.8 Å². The number of carbonyl (C=O) groups excluding carboxylic acids is 1. The zero-order chi connectivity index (χ0) is 27.7. The number of anilines is 1. The number of benzene rings is 3. The van der Waals surface area contributed by atoms with Crippen molar-refractivity contribution in [3.05, 3.63) is 76.8 Å². The minimum Gasteiger partial charge on any atom is -0.496 e. The van der Waals surface area contributed by atoms with Gasteiger partial charge in [0.1, 0.15) is 11.9 Å². The molecule has 1 atom stereocenters. The predicted molar refractivity (Wildman–Crippen MR) is 151 cm³/mol. The summed E-state index contributed by atoms with van der Waals surface area (Å²) >= 11 is 6.05. The zero-order valence-corrected chi connectivity index (χ0v) is 23.8. The second kappa shape index (κ2) is 10.9. The first kappa shape index (κ1) is 27.8. The summed E-state index contributed by atoms with van der Waals surface area (Å²) in [5.41, 5.74) is 3.23. The van der Waals surface area contributed by atoms with Crippen LogP contribution in [-0.4, -0.2) is 40.3 Å². The third-order valence-electron chi connectivity index (χ3n) is 6.50. The van der Waals surface area contributed by atoms with Gasteiger partial charge in [0.2, 0.25) is 0 Å². The van der Waals surface area contributed by atoms with Gasteiger partial charge in [-0.3, -0.25) is 4.31 Å². The van der Waals surface area contributed by atoms with E-state index in [0.717, 1.165) is 16.7 Å². The van der Waals surface area contributed by atoms with Crippen LogP contribution in [0.5, 0.6) is 5.75 Å². The number of nitrogens with zero attached hydrogens (tertiary/aromatic N) is 1. The molecule has 0 fully saturated rings. The van der Waals surface area contributed by atoms with E-state index in [9.17, 15) is 13.2 Å². The fourth-order valence-electron chi connectivity index (χ4n) is 4.71. The van der Waals surface area contributed by atoms with Crippen molar-refractivity contribution >= 4 is 33.4 Å². The third kappa shape index (κ3) is 5.92. The van der Waals surface area contributed by atoms with Gasteiger partial charge in [0.05, 0.1) is 17.7 Å². The van der Waals surface area contributed by atoms with Crippen LogP contribution in [0, 0.1) is 0 Å². The molecule has 1 N–H and O–H groups in total. The molecule has 4 rings (SSSR count). The van der Waals surface area contributed by atoms with Crippen LogP contribution in [0.1, 0.15) is 38.3 Å². The van der Waals surface area contributed by atoms with Crippen molar-refractivity contribution in [1.82, 2.24) is 5.32 Å². The van der Waals surface area contributed by atoms with E-state index in [2.05, 4.69) is 5.32 Å². The molecular weight excluding hydrogens is 524 g/mol. The molecule has 7 nitrogen and oxygen atoms in total. The maximum atomic E-state index is 14.0. The minimum atomic E-state index is -3.92. The van der Waals surface area contributed by atoms with Crippen molar-refractivity contribution in [1.29, 1.82) is 0 Å². The average Bonchev–Trinajstić information content (AvgIpc) is 2.87. The Morgan fingerprint density at radius 3 is 2.37 bits per heavy atom. The summed E-state index contributed by atoms with van der Waals surface area (Å²) in [4.78, 5) is 12.6. The molecule has 3 aromatic rings. The van der Waals surface area contributed by atoms with E-state index in [-0.39, 0.29) is 11.0 Å². The van der Waals surface area contributed by atoms with Crippen molar-refractivity contribution in [3.63, 3.8) is 0 Å². The van der Waals surface area contributed by atoms with Gasteiger partial charge in [0.25, 0.3) is 10.0 Å². The third-order valence-corrected chi connectivity index (χ3v) is 8.58. The predicted octanol–water partition coefficient (Wildman–Crippen LogP) is 6.22. The van der Waals surface area contributed by atoms with E-state index in [1.165, 1.54) is 4.31 Å². The van der Waals surface area contributed by atoms with Crippen LogP contribution in [0.15, 0.2) is 65.6 Å². The SMILES string of the molecule is COc1ccc(N(C)S(=O)(=O)c2ccccc2-c2ccc(Cl)cc2)c2c1C[C@@H](OC(=O)NC(C)(C)C)CC2. The Balaban J connectivity index is 1.68. The molecule has 38 heavy (non-hydrogen) atoms. The van der Waals surface area contributed by atoms with Gasteiger partial charge in [-0.15, -0.1) is 0 Å². The Hall–Kier alpha value is -3.23. The van der Waals surface area contributed by atoms with Gasteiger partial charge in [-0.05, 0) is 75.1 Å². The highest BCUT2D eigenvalue weighted by molar-refractivity contribution is 7.93. The van der Waals surface area contributed by atoms with Crippen LogP contribution in [0.4, 0.5) is 10.5 Å². The molecule has 202 valence electrons. The fourth-order valence-corrected chi connectivity index (χ4v) is 6.27. The lowest BCUT2D eigenvalue weighted by atomic mass is 9.87. The highest BCUT2D eigenvalue weighted by atomic mass is 35.5. The normalized spacial score (nSPS) is 15.4. The number of methoxy groups -OCH3 is 1. The number of rotatable bonds is 6. The molecule has 0 saturated heterocycles. The quantitative estimate of drug-likeness (QED) is 0.389. The van der Waals surface area contributed by atoms with Gasteiger partial charge in [-0.1, -0.05) is 41.9 Å². The summed E-state index contributed by atoms with van der Waals surface area (Å²) in [5, 5.41) is 3.40. The van der Waals surface area contributed by atoms with Gasteiger partial charge in [0, 0.05) is 35.2 Å². The van der Waals surface area contributed by atoms with E-state index in [1.807, 2.05) is 39.0 Å². The average molecular weight is 557 g/mol. The molecule has 0 unspecified atom stereocenters. The number of sulfonamides is 1. The first-order valence-corrected chi connectivity index (χ1v) is 14.2. The molecule has 0 aliphatic heterocycles. The Kier molecular flexibility index (Phi) is 7.95. The van der Waals surface area contributed by atoms with Gasteiger partial charge >= 0.3 is 6.09 Å². The van der Waals surface area contributed by atoms with E-state index in [4.69, 9.17) is 21.1 Å². The zero-order valence-electron chi connectivity index (χ0n) is 22.2. The topological polar surface area (TPSA) is 84.9 Å². The van der Waals surface area contributed by atoms with Crippen molar-refractivity contribution in [3.8, 4) is 16.9 Å². The molecule has 0 heterocycles. The van der Waals surface area contributed by atoms with E-state index >= 15 is 0 Å². The first-order valence-electron chi connectivity index (χ1n) is 12.4. The maximum absolute atomic E-state index is 14.0. The molecule has 0 radical (unpaired) electrons. The standard InChI is InChI=1S/C29H33ClN2O5S/c1-29(2,3)31-28(33)37-21-14-15-23-24(18-21)26(36-5)17-16-25(23)32(4)38(34,35)27-9-7-6-8-22(27)19-10-12-20(30)13-11-19/h6-13,16-17,21H,14-15,18H2,1-5H3,(H,31,33)/t21-/m0/s1. The number of hydrogen-bond acceptors (Lipinski definition) is 5. The van der Waals surface area contributed by atoms with Crippen LogP contribution < -0.4 is 14.4 Å². The van der Waals surface area contributed by atoms with Crippen LogP contribution in [0.2, 0.25) is 5.02 Å². The number of ether oxygens (including phenoxy) is 2. The minimum absolute atomic E-state index is 0.199. The van der Waals surface area contributed by atoms with Crippen LogP contribution in [0.3, 0.4) is 0 Å². The number of carbonyl (C=O) groups is 1. The summed E-state index contributed by atoms with van der Waals surface area (Å²) in [6.45, 7) is 5.67. The van der Waals surface area contributed by atoms with E-state index in [0.29, 0.717) is 41.3 Å². The monoisotopic (exact) mass is 556 g/mol. The lowest BCUT2D eigenvalue weighted by molar-refractivity contribution is 0.0832. The van der Waals surface area contributed by atoms with Crippen LogP contribution in [-0.2, 0) is 27.6 Å². The molecule has 0 spiro atoms. The van der Waals surface area contributed by atoms with E-state index < -0.39 is 21.7 Å². The number of fused-ring (bicyclic) bond motifs is 1. The maximum Gasteiger partial charge on any atom is 0.407 e.